The Labute approximate surface area is 117 Å². The molecule has 0 saturated carbocycles. The van der Waals surface area contributed by atoms with Crippen molar-refractivity contribution in [2.24, 2.45) is 4.99 Å². The van der Waals surface area contributed by atoms with E-state index in [9.17, 15) is 4.79 Å². The van der Waals surface area contributed by atoms with E-state index in [1.807, 2.05) is 12.1 Å². The van der Waals surface area contributed by atoms with Gasteiger partial charge >= 0.3 is 0 Å². The Bertz CT molecular complexity index is 457. The van der Waals surface area contributed by atoms with Gasteiger partial charge in [0, 0.05) is 11.3 Å². The fourth-order valence-electron chi connectivity index (χ4n) is 1.62. The summed E-state index contributed by atoms with van der Waals surface area (Å²) in [7, 11) is 0. The highest BCUT2D eigenvalue weighted by molar-refractivity contribution is 8.14. The Hall–Kier alpha value is -1.49. The van der Waals surface area contributed by atoms with Gasteiger partial charge in [0.25, 0.3) is 5.91 Å². The lowest BCUT2D eigenvalue weighted by molar-refractivity contribution is 0.0978. The molecule has 1 amide bonds. The molecule has 102 valence electrons. The lowest BCUT2D eigenvalue weighted by Gasteiger charge is -2.07. The molecule has 0 unspecified atom stereocenters. The van der Waals surface area contributed by atoms with Crippen molar-refractivity contribution in [2.75, 3.05) is 18.9 Å². The summed E-state index contributed by atoms with van der Waals surface area (Å²) in [6.45, 7) is 3.63. The van der Waals surface area contributed by atoms with E-state index in [-0.39, 0.29) is 5.91 Å². The third kappa shape index (κ3) is 4.28. The van der Waals surface area contributed by atoms with Gasteiger partial charge in [-0.25, -0.2) is 0 Å². The van der Waals surface area contributed by atoms with Gasteiger partial charge in [-0.3, -0.25) is 9.79 Å². The molecule has 0 radical (unpaired) electrons. The molecule has 1 aliphatic rings. The number of nitrogens with zero attached hydrogens (tertiary/aromatic N) is 1. The van der Waals surface area contributed by atoms with Crippen LogP contribution < -0.4 is 10.1 Å². The summed E-state index contributed by atoms with van der Waals surface area (Å²) in [6, 6.07) is 7.20. The molecular weight excluding hydrogens is 260 g/mol. The molecule has 1 aromatic carbocycles. The van der Waals surface area contributed by atoms with Gasteiger partial charge < -0.3 is 10.1 Å². The summed E-state index contributed by atoms with van der Waals surface area (Å²) in [5, 5.41) is 3.52. The number of rotatable bonds is 5. The molecule has 0 aliphatic carbocycles. The lowest BCUT2D eigenvalue weighted by atomic mass is 10.2. The zero-order chi connectivity index (χ0) is 13.5. The maximum absolute atomic E-state index is 11.9. The maximum atomic E-state index is 11.9. The molecule has 1 aromatic rings. The quantitative estimate of drug-likeness (QED) is 0.843. The van der Waals surface area contributed by atoms with Crippen LogP contribution in [0.5, 0.6) is 5.75 Å². The van der Waals surface area contributed by atoms with Crippen LogP contribution in [0.25, 0.3) is 0 Å². The number of amidine groups is 1. The number of amides is 1. The number of carbonyl (C=O) groups is 1. The fourth-order valence-corrected chi connectivity index (χ4v) is 2.34. The second-order valence-corrected chi connectivity index (χ2v) is 5.30. The van der Waals surface area contributed by atoms with E-state index in [1.165, 1.54) is 0 Å². The number of benzene rings is 1. The van der Waals surface area contributed by atoms with Crippen molar-refractivity contribution in [1.82, 2.24) is 5.32 Å². The van der Waals surface area contributed by atoms with E-state index < -0.39 is 0 Å². The largest absolute Gasteiger partial charge is 0.494 e. The van der Waals surface area contributed by atoms with Crippen LogP contribution in [0.15, 0.2) is 29.3 Å². The fraction of sp³-hybridized carbons (Fsp3) is 0.429. The van der Waals surface area contributed by atoms with Gasteiger partial charge in [-0.05, 0) is 30.7 Å². The Balaban J connectivity index is 1.88. The minimum Gasteiger partial charge on any atom is -0.494 e. The van der Waals surface area contributed by atoms with Crippen LogP contribution >= 0.6 is 11.8 Å². The van der Waals surface area contributed by atoms with Crippen LogP contribution in [0.4, 0.5) is 0 Å². The highest BCUT2D eigenvalue weighted by atomic mass is 32.2. The first-order valence-corrected chi connectivity index (χ1v) is 7.49. The molecule has 1 heterocycles. The smallest absolute Gasteiger partial charge is 0.257 e. The molecule has 1 aliphatic heterocycles. The highest BCUT2D eigenvalue weighted by Gasteiger charge is 2.12. The number of hydrogen-bond donors (Lipinski definition) is 1. The second-order valence-electron chi connectivity index (χ2n) is 4.22. The molecule has 1 N–H and O–H groups in total. The van der Waals surface area contributed by atoms with Crippen LogP contribution in [0, 0.1) is 0 Å². The third-order valence-corrected chi connectivity index (χ3v) is 3.58. The first-order chi connectivity index (χ1) is 9.29. The van der Waals surface area contributed by atoms with Crippen LogP contribution in [0.2, 0.25) is 0 Å². The minimum absolute atomic E-state index is 0.117. The number of unbranched alkanes of at least 4 members (excludes halogenated alkanes) is 1. The Morgan fingerprint density at radius 1 is 1.42 bits per heavy atom. The van der Waals surface area contributed by atoms with Crippen molar-refractivity contribution in [1.29, 1.82) is 0 Å². The van der Waals surface area contributed by atoms with E-state index in [0.717, 1.165) is 37.5 Å². The summed E-state index contributed by atoms with van der Waals surface area (Å²) >= 11 is 1.58. The molecule has 0 aromatic heterocycles. The molecule has 0 fully saturated rings. The van der Waals surface area contributed by atoms with E-state index in [2.05, 4.69) is 17.2 Å². The Kier molecular flexibility index (Phi) is 5.27. The number of carbonyl (C=O) groups excluding carboxylic acids is 1. The van der Waals surface area contributed by atoms with Gasteiger partial charge in [0.15, 0.2) is 5.17 Å². The number of thioether (sulfide) groups is 1. The topological polar surface area (TPSA) is 50.7 Å². The summed E-state index contributed by atoms with van der Waals surface area (Å²) in [5.74, 6) is 1.63. The van der Waals surface area contributed by atoms with Crippen LogP contribution in [-0.4, -0.2) is 30.0 Å². The Morgan fingerprint density at radius 2 is 2.21 bits per heavy atom. The van der Waals surface area contributed by atoms with E-state index in [0.29, 0.717) is 10.7 Å². The number of nitrogens with one attached hydrogen (secondary N) is 1. The summed E-state index contributed by atoms with van der Waals surface area (Å²) < 4.78 is 5.56. The normalized spacial score (nSPS) is 14.1. The lowest BCUT2D eigenvalue weighted by Crippen LogP contribution is -2.27. The second kappa shape index (κ2) is 7.19. The Morgan fingerprint density at radius 3 is 2.84 bits per heavy atom. The van der Waals surface area contributed by atoms with Crippen molar-refractivity contribution in [3.63, 3.8) is 0 Å². The van der Waals surface area contributed by atoms with Gasteiger partial charge in [-0.2, -0.15) is 0 Å². The molecule has 0 saturated heterocycles. The van der Waals surface area contributed by atoms with Gasteiger partial charge in [-0.1, -0.05) is 25.1 Å². The van der Waals surface area contributed by atoms with Crippen molar-refractivity contribution >= 4 is 22.8 Å². The predicted octanol–water partition coefficient (Wildman–Crippen LogP) is 2.70. The zero-order valence-corrected chi connectivity index (χ0v) is 11.8. The SMILES string of the molecule is CCCCOc1ccc(C(=O)NC2=NCCS2)cc1. The summed E-state index contributed by atoms with van der Waals surface area (Å²) in [5.41, 5.74) is 0.623. The highest BCUT2D eigenvalue weighted by Crippen LogP contribution is 2.14. The summed E-state index contributed by atoms with van der Waals surface area (Å²) in [6.07, 6.45) is 2.15. The van der Waals surface area contributed by atoms with Gasteiger partial charge in [0.1, 0.15) is 5.75 Å². The monoisotopic (exact) mass is 278 g/mol. The molecule has 0 spiro atoms. The first-order valence-electron chi connectivity index (χ1n) is 6.51. The molecule has 5 heteroatoms. The van der Waals surface area contributed by atoms with Crippen LogP contribution in [0.3, 0.4) is 0 Å². The van der Waals surface area contributed by atoms with Gasteiger partial charge in [0.05, 0.1) is 13.2 Å². The molecule has 4 nitrogen and oxygen atoms in total. The first kappa shape index (κ1) is 13.9. The predicted molar refractivity (Wildman–Crippen MR) is 79.1 cm³/mol. The van der Waals surface area contributed by atoms with Gasteiger partial charge in [-0.15, -0.1) is 0 Å². The molecule has 2 rings (SSSR count). The van der Waals surface area contributed by atoms with Crippen molar-refractivity contribution < 1.29 is 9.53 Å². The molecule has 0 atom stereocenters. The molecule has 0 bridgehead atoms. The maximum Gasteiger partial charge on any atom is 0.257 e. The van der Waals surface area contributed by atoms with Crippen LogP contribution in [-0.2, 0) is 0 Å². The van der Waals surface area contributed by atoms with E-state index in [1.54, 1.807) is 23.9 Å². The molecule has 19 heavy (non-hydrogen) atoms. The van der Waals surface area contributed by atoms with Crippen molar-refractivity contribution in [3.05, 3.63) is 29.8 Å². The number of aliphatic imine (C=N–C) groups is 1. The van der Waals surface area contributed by atoms with Crippen molar-refractivity contribution in [2.45, 2.75) is 19.8 Å². The van der Waals surface area contributed by atoms with E-state index in [4.69, 9.17) is 4.74 Å². The minimum atomic E-state index is -0.117. The summed E-state index contributed by atoms with van der Waals surface area (Å²) in [4.78, 5) is 16.1. The standard InChI is InChI=1S/C14H18N2O2S/c1-2-3-9-18-12-6-4-11(5-7-12)13(17)16-14-15-8-10-19-14/h4-7H,2-3,8-10H2,1H3,(H,15,16,17). The third-order valence-electron chi connectivity index (χ3n) is 2.69. The van der Waals surface area contributed by atoms with E-state index >= 15 is 0 Å². The average Bonchev–Trinajstić information content (AvgIpc) is 2.93. The van der Waals surface area contributed by atoms with Gasteiger partial charge in [0.2, 0.25) is 0 Å². The molecular formula is C14H18N2O2S. The number of ether oxygens (including phenoxy) is 1. The van der Waals surface area contributed by atoms with Crippen LogP contribution in [0.1, 0.15) is 30.1 Å². The number of hydrogen-bond acceptors (Lipinski definition) is 4. The van der Waals surface area contributed by atoms with Crippen molar-refractivity contribution in [3.8, 4) is 5.75 Å². The zero-order valence-electron chi connectivity index (χ0n) is 11.0. The average molecular weight is 278 g/mol.